The average molecular weight is 360 g/mol. The van der Waals surface area contributed by atoms with E-state index in [0.29, 0.717) is 12.8 Å². The Labute approximate surface area is 142 Å². The first-order valence-electron chi connectivity index (χ1n) is 7.85. The maximum atomic E-state index is 12.9. The van der Waals surface area contributed by atoms with Crippen LogP contribution in [0.1, 0.15) is 25.3 Å². The van der Waals surface area contributed by atoms with E-state index in [1.807, 2.05) is 0 Å². The molecule has 2 amide bonds. The molecule has 0 atom stereocenters. The zero-order chi connectivity index (χ0) is 18.6. The van der Waals surface area contributed by atoms with Crippen molar-refractivity contribution in [2.75, 3.05) is 25.0 Å². The molecule has 1 saturated heterocycles. The zero-order valence-electron chi connectivity index (χ0n) is 13.6. The predicted octanol–water partition coefficient (Wildman–Crippen LogP) is 3.43. The van der Waals surface area contributed by atoms with E-state index in [-0.39, 0.29) is 31.1 Å². The van der Waals surface area contributed by atoms with Crippen molar-refractivity contribution in [1.82, 2.24) is 4.90 Å². The topological polar surface area (TPSA) is 78.9 Å². The van der Waals surface area contributed by atoms with E-state index in [4.69, 9.17) is 9.84 Å². The van der Waals surface area contributed by atoms with Gasteiger partial charge in [-0.3, -0.25) is 4.79 Å². The number of amides is 2. The van der Waals surface area contributed by atoms with Gasteiger partial charge in [0, 0.05) is 13.1 Å². The summed E-state index contributed by atoms with van der Waals surface area (Å²) < 4.78 is 43.9. The Kier molecular flexibility index (Phi) is 5.76. The lowest BCUT2D eigenvalue weighted by Crippen LogP contribution is -2.42. The molecule has 0 radical (unpaired) electrons. The highest BCUT2D eigenvalue weighted by molar-refractivity contribution is 5.91. The van der Waals surface area contributed by atoms with Gasteiger partial charge in [0.05, 0.1) is 23.8 Å². The standard InChI is InChI=1S/C16H19F3N2O4/c1-2-25-13-4-3-11(16(17,18)19)9-12(13)20-15(24)21-7-5-10(6-8-21)14(22)23/h3-4,9-10H,2,5-8H2,1H3,(H,20,24)(H,22,23). The monoisotopic (exact) mass is 360 g/mol. The number of likely N-dealkylation sites (tertiary alicyclic amines) is 1. The summed E-state index contributed by atoms with van der Waals surface area (Å²) in [6, 6.07) is 2.30. The van der Waals surface area contributed by atoms with Crippen LogP contribution in [0.25, 0.3) is 0 Å². The van der Waals surface area contributed by atoms with Gasteiger partial charge < -0.3 is 20.1 Å². The summed E-state index contributed by atoms with van der Waals surface area (Å²) in [6.07, 6.45) is -3.92. The van der Waals surface area contributed by atoms with Crippen molar-refractivity contribution in [3.63, 3.8) is 0 Å². The minimum Gasteiger partial charge on any atom is -0.492 e. The lowest BCUT2D eigenvalue weighted by atomic mass is 9.97. The van der Waals surface area contributed by atoms with Gasteiger partial charge in [-0.15, -0.1) is 0 Å². The number of carbonyl (C=O) groups is 2. The fraction of sp³-hybridized carbons (Fsp3) is 0.500. The molecule has 2 rings (SSSR count). The third-order valence-corrected chi connectivity index (χ3v) is 3.98. The molecule has 0 aromatic heterocycles. The number of nitrogens with one attached hydrogen (secondary N) is 1. The van der Waals surface area contributed by atoms with E-state index in [1.54, 1.807) is 6.92 Å². The number of carboxylic acids is 1. The Morgan fingerprint density at radius 3 is 2.48 bits per heavy atom. The van der Waals surface area contributed by atoms with Gasteiger partial charge in [0.25, 0.3) is 0 Å². The second-order valence-corrected chi connectivity index (χ2v) is 5.67. The number of alkyl halides is 3. The predicted molar refractivity (Wildman–Crippen MR) is 83.6 cm³/mol. The van der Waals surface area contributed by atoms with Gasteiger partial charge in [0.15, 0.2) is 0 Å². The number of aliphatic carboxylic acids is 1. The fourth-order valence-corrected chi connectivity index (χ4v) is 2.61. The molecular weight excluding hydrogens is 341 g/mol. The lowest BCUT2D eigenvalue weighted by molar-refractivity contribution is -0.143. The minimum absolute atomic E-state index is 0.0676. The van der Waals surface area contributed by atoms with Crippen LogP contribution in [0.4, 0.5) is 23.7 Å². The van der Waals surface area contributed by atoms with Crippen LogP contribution in [0.2, 0.25) is 0 Å². The first-order valence-corrected chi connectivity index (χ1v) is 7.85. The molecule has 1 aromatic rings. The van der Waals surface area contributed by atoms with E-state index in [1.165, 1.54) is 11.0 Å². The number of rotatable bonds is 4. The first kappa shape index (κ1) is 18.9. The van der Waals surface area contributed by atoms with Crippen molar-refractivity contribution in [3.05, 3.63) is 23.8 Å². The van der Waals surface area contributed by atoms with Crippen LogP contribution in [-0.4, -0.2) is 41.7 Å². The highest BCUT2D eigenvalue weighted by atomic mass is 19.4. The summed E-state index contributed by atoms with van der Waals surface area (Å²) in [4.78, 5) is 24.6. The number of carbonyl (C=O) groups excluding carboxylic acids is 1. The molecule has 0 spiro atoms. The van der Waals surface area contributed by atoms with Crippen molar-refractivity contribution >= 4 is 17.7 Å². The summed E-state index contributed by atoms with van der Waals surface area (Å²) in [5, 5.41) is 11.4. The van der Waals surface area contributed by atoms with Crippen molar-refractivity contribution < 1.29 is 32.6 Å². The maximum absolute atomic E-state index is 12.9. The van der Waals surface area contributed by atoms with E-state index in [2.05, 4.69) is 5.32 Å². The Hall–Kier alpha value is -2.45. The molecule has 0 saturated carbocycles. The number of anilines is 1. The Morgan fingerprint density at radius 2 is 1.96 bits per heavy atom. The lowest BCUT2D eigenvalue weighted by Gasteiger charge is -2.30. The smallest absolute Gasteiger partial charge is 0.416 e. The number of urea groups is 1. The van der Waals surface area contributed by atoms with E-state index in [0.717, 1.165) is 12.1 Å². The fourth-order valence-electron chi connectivity index (χ4n) is 2.61. The Morgan fingerprint density at radius 1 is 1.32 bits per heavy atom. The molecule has 1 aliphatic rings. The quantitative estimate of drug-likeness (QED) is 0.862. The van der Waals surface area contributed by atoms with Crippen LogP contribution in [0.15, 0.2) is 18.2 Å². The number of ether oxygens (including phenoxy) is 1. The molecule has 2 N–H and O–H groups in total. The van der Waals surface area contributed by atoms with E-state index < -0.39 is 29.7 Å². The molecular formula is C16H19F3N2O4. The molecule has 6 nitrogen and oxygen atoms in total. The number of hydrogen-bond donors (Lipinski definition) is 2. The maximum Gasteiger partial charge on any atom is 0.416 e. The van der Waals surface area contributed by atoms with Crippen LogP contribution in [0.5, 0.6) is 5.75 Å². The SMILES string of the molecule is CCOc1ccc(C(F)(F)F)cc1NC(=O)N1CCC(C(=O)O)CC1. The summed E-state index contributed by atoms with van der Waals surface area (Å²) >= 11 is 0. The number of piperidine rings is 1. The highest BCUT2D eigenvalue weighted by Gasteiger charge is 2.32. The summed E-state index contributed by atoms with van der Waals surface area (Å²) in [5.41, 5.74) is -0.960. The van der Waals surface area contributed by atoms with Gasteiger partial charge in [-0.05, 0) is 38.0 Å². The van der Waals surface area contributed by atoms with Gasteiger partial charge in [-0.2, -0.15) is 13.2 Å². The van der Waals surface area contributed by atoms with Crippen LogP contribution in [-0.2, 0) is 11.0 Å². The molecule has 138 valence electrons. The number of nitrogens with zero attached hydrogens (tertiary/aromatic N) is 1. The zero-order valence-corrected chi connectivity index (χ0v) is 13.6. The molecule has 1 heterocycles. The molecule has 0 aliphatic carbocycles. The van der Waals surface area contributed by atoms with Gasteiger partial charge in [0.1, 0.15) is 5.75 Å². The number of halogens is 3. The van der Waals surface area contributed by atoms with Crippen molar-refractivity contribution in [2.24, 2.45) is 5.92 Å². The third-order valence-electron chi connectivity index (χ3n) is 3.98. The number of benzene rings is 1. The van der Waals surface area contributed by atoms with Gasteiger partial charge in [0.2, 0.25) is 0 Å². The highest BCUT2D eigenvalue weighted by Crippen LogP contribution is 2.35. The molecule has 9 heteroatoms. The third kappa shape index (κ3) is 4.77. The molecule has 1 fully saturated rings. The van der Waals surface area contributed by atoms with Crippen molar-refractivity contribution in [1.29, 1.82) is 0 Å². The van der Waals surface area contributed by atoms with Gasteiger partial charge in [-0.1, -0.05) is 0 Å². The number of carboxylic acid groups (broad SMARTS) is 1. The minimum atomic E-state index is -4.54. The molecule has 25 heavy (non-hydrogen) atoms. The molecule has 0 bridgehead atoms. The summed E-state index contributed by atoms with van der Waals surface area (Å²) in [6.45, 7) is 2.37. The Balaban J connectivity index is 2.12. The number of hydrogen-bond acceptors (Lipinski definition) is 3. The second-order valence-electron chi connectivity index (χ2n) is 5.67. The van der Waals surface area contributed by atoms with E-state index >= 15 is 0 Å². The molecule has 1 aromatic carbocycles. The Bertz CT molecular complexity index is 641. The van der Waals surface area contributed by atoms with Crippen LogP contribution in [0, 0.1) is 5.92 Å². The van der Waals surface area contributed by atoms with Crippen molar-refractivity contribution in [3.8, 4) is 5.75 Å². The molecule has 1 aliphatic heterocycles. The van der Waals surface area contributed by atoms with Crippen LogP contribution < -0.4 is 10.1 Å². The molecule has 0 unspecified atom stereocenters. The van der Waals surface area contributed by atoms with Crippen LogP contribution >= 0.6 is 0 Å². The largest absolute Gasteiger partial charge is 0.492 e. The van der Waals surface area contributed by atoms with Crippen molar-refractivity contribution in [2.45, 2.75) is 25.9 Å². The normalized spacial score (nSPS) is 15.8. The van der Waals surface area contributed by atoms with Gasteiger partial charge >= 0.3 is 18.2 Å². The van der Waals surface area contributed by atoms with Crippen LogP contribution in [0.3, 0.4) is 0 Å². The van der Waals surface area contributed by atoms with E-state index in [9.17, 15) is 22.8 Å². The average Bonchev–Trinajstić information content (AvgIpc) is 2.55. The summed E-state index contributed by atoms with van der Waals surface area (Å²) in [5.74, 6) is -1.27. The summed E-state index contributed by atoms with van der Waals surface area (Å²) in [7, 11) is 0. The van der Waals surface area contributed by atoms with Gasteiger partial charge in [-0.25, -0.2) is 4.79 Å². The first-order chi connectivity index (χ1) is 11.7. The second kappa shape index (κ2) is 7.62.